The molecule has 0 bridgehead atoms. The van der Waals surface area contributed by atoms with Crippen molar-refractivity contribution in [1.29, 1.82) is 0 Å². The molecule has 1 aromatic heterocycles. The Labute approximate surface area is 86.8 Å². The summed E-state index contributed by atoms with van der Waals surface area (Å²) in [5.41, 5.74) is 0. The van der Waals surface area contributed by atoms with Gasteiger partial charge in [0.05, 0.1) is 31.6 Å². The molecule has 1 unspecified atom stereocenters. The fraction of sp³-hybridized carbons (Fsp3) is 0.625. The molecule has 0 N–H and O–H groups in total. The molecule has 14 heavy (non-hydrogen) atoms. The van der Waals surface area contributed by atoms with Crippen LogP contribution in [0, 0.1) is 0 Å². The highest BCUT2D eigenvalue weighted by molar-refractivity contribution is 7.74. The van der Waals surface area contributed by atoms with Crippen LogP contribution in [0.1, 0.15) is 13.8 Å². The first-order chi connectivity index (χ1) is 6.60. The Bertz CT molecular complexity index is 275. The summed E-state index contributed by atoms with van der Waals surface area (Å²) in [6.07, 6.45) is 6.14. The van der Waals surface area contributed by atoms with Crippen molar-refractivity contribution in [3.05, 3.63) is 18.7 Å². The van der Waals surface area contributed by atoms with Gasteiger partial charge >= 0.3 is 0 Å². The second-order valence-corrected chi connectivity index (χ2v) is 3.16. The summed E-state index contributed by atoms with van der Waals surface area (Å²) in [6, 6.07) is 0. The van der Waals surface area contributed by atoms with E-state index >= 15 is 0 Å². The van der Waals surface area contributed by atoms with E-state index in [1.807, 2.05) is 17.8 Å². The predicted octanol–water partition coefficient (Wildman–Crippen LogP) is 0.149. The van der Waals surface area contributed by atoms with Crippen LogP contribution in [0.25, 0.3) is 0 Å². The predicted molar refractivity (Wildman–Crippen MR) is 51.8 cm³/mol. The summed E-state index contributed by atoms with van der Waals surface area (Å²) in [5.74, 6) is 0. The summed E-state index contributed by atoms with van der Waals surface area (Å²) in [6.45, 7) is 5.01. The van der Waals surface area contributed by atoms with E-state index in [9.17, 15) is 8.76 Å². The van der Waals surface area contributed by atoms with Crippen molar-refractivity contribution in [2.24, 2.45) is 7.05 Å². The molecular formula is C8H16N2O3S. The van der Waals surface area contributed by atoms with Gasteiger partial charge in [0.1, 0.15) is 12.4 Å². The summed E-state index contributed by atoms with van der Waals surface area (Å²) >= 11 is -2.32. The third kappa shape index (κ3) is 6.76. The largest absolute Gasteiger partial charge is 0.750 e. The second kappa shape index (κ2) is 7.66. The van der Waals surface area contributed by atoms with Gasteiger partial charge in [-0.1, -0.05) is 0 Å². The van der Waals surface area contributed by atoms with Crippen LogP contribution in [-0.2, 0) is 29.1 Å². The van der Waals surface area contributed by atoms with E-state index in [0.29, 0.717) is 0 Å². The second-order valence-electron chi connectivity index (χ2n) is 2.52. The van der Waals surface area contributed by atoms with Crippen molar-refractivity contribution < 1.29 is 17.5 Å². The number of aromatic nitrogens is 2. The number of hydrogen-bond acceptors (Lipinski definition) is 3. The molecule has 1 rings (SSSR count). The monoisotopic (exact) mass is 220 g/mol. The molecule has 5 nitrogen and oxygen atoms in total. The van der Waals surface area contributed by atoms with Crippen LogP contribution in [0.5, 0.6) is 0 Å². The molecular weight excluding hydrogens is 204 g/mol. The highest BCUT2D eigenvalue weighted by Gasteiger charge is 1.92. The van der Waals surface area contributed by atoms with E-state index in [1.165, 1.54) is 0 Å². The average molecular weight is 220 g/mol. The highest BCUT2D eigenvalue weighted by atomic mass is 32.2. The first-order valence-electron chi connectivity index (χ1n) is 4.33. The zero-order valence-electron chi connectivity index (χ0n) is 8.67. The Hall–Kier alpha value is -0.720. The lowest BCUT2D eigenvalue weighted by Crippen LogP contribution is -2.23. The van der Waals surface area contributed by atoms with Crippen molar-refractivity contribution in [3.63, 3.8) is 0 Å². The normalized spacial score (nSPS) is 11.7. The van der Waals surface area contributed by atoms with E-state index in [1.54, 1.807) is 6.92 Å². The molecule has 0 amide bonds. The third-order valence-electron chi connectivity index (χ3n) is 1.40. The maximum absolute atomic E-state index is 9.38. The molecule has 1 heterocycles. The van der Waals surface area contributed by atoms with Gasteiger partial charge in [-0.25, -0.2) is 13.3 Å². The number of aryl methyl sites for hydroxylation is 2. The van der Waals surface area contributed by atoms with E-state index in [2.05, 4.69) is 28.2 Å². The molecule has 1 atom stereocenters. The Morgan fingerprint density at radius 3 is 2.36 bits per heavy atom. The summed E-state index contributed by atoms with van der Waals surface area (Å²) in [7, 11) is 2.02. The summed E-state index contributed by atoms with van der Waals surface area (Å²) in [4.78, 5) is 0. The smallest absolute Gasteiger partial charge is 0.243 e. The molecule has 82 valence electrons. The molecule has 0 aromatic carbocycles. The quantitative estimate of drug-likeness (QED) is 0.538. The van der Waals surface area contributed by atoms with Gasteiger partial charge in [-0.3, -0.25) is 0 Å². The van der Waals surface area contributed by atoms with E-state index in [0.717, 1.165) is 6.54 Å². The molecule has 0 radical (unpaired) electrons. The van der Waals surface area contributed by atoms with Crippen molar-refractivity contribution in [2.45, 2.75) is 20.4 Å². The Morgan fingerprint density at radius 2 is 2.21 bits per heavy atom. The average Bonchev–Trinajstić information content (AvgIpc) is 2.52. The Kier molecular flexibility index (Phi) is 7.27. The van der Waals surface area contributed by atoms with Gasteiger partial charge in [0.2, 0.25) is 6.33 Å². The molecule has 0 saturated heterocycles. The minimum Gasteiger partial charge on any atom is -0.750 e. The maximum atomic E-state index is 9.38. The first-order valence-corrected chi connectivity index (χ1v) is 5.33. The Balaban J connectivity index is 0.000000255. The third-order valence-corrected chi connectivity index (χ3v) is 1.83. The SMILES string of the molecule is CCOS(=O)[O-].CCn1cc[n+](C)c1. The fourth-order valence-electron chi connectivity index (χ4n) is 0.785. The van der Waals surface area contributed by atoms with Crippen molar-refractivity contribution in [2.75, 3.05) is 6.61 Å². The minimum absolute atomic E-state index is 0.218. The first kappa shape index (κ1) is 13.3. The van der Waals surface area contributed by atoms with Crippen LogP contribution in [-0.4, -0.2) is 19.9 Å². The van der Waals surface area contributed by atoms with Gasteiger partial charge in [0, 0.05) is 0 Å². The lowest BCUT2D eigenvalue weighted by atomic mass is 10.7. The molecule has 0 aliphatic rings. The molecule has 0 saturated carbocycles. The number of rotatable bonds is 3. The van der Waals surface area contributed by atoms with Gasteiger partial charge in [0.15, 0.2) is 0 Å². The van der Waals surface area contributed by atoms with Crippen molar-refractivity contribution >= 4 is 11.4 Å². The number of hydrogen-bond donors (Lipinski definition) is 0. The zero-order chi connectivity index (χ0) is 11.0. The minimum atomic E-state index is -2.32. The van der Waals surface area contributed by atoms with E-state index in [-0.39, 0.29) is 6.61 Å². The lowest BCUT2D eigenvalue weighted by molar-refractivity contribution is -0.671. The van der Waals surface area contributed by atoms with Crippen LogP contribution in [0.15, 0.2) is 18.7 Å². The summed E-state index contributed by atoms with van der Waals surface area (Å²) < 4.78 is 26.9. The van der Waals surface area contributed by atoms with Gasteiger partial charge in [0.25, 0.3) is 0 Å². The molecule has 0 spiro atoms. The van der Waals surface area contributed by atoms with Crippen molar-refractivity contribution in [1.82, 2.24) is 4.57 Å². The molecule has 6 heteroatoms. The van der Waals surface area contributed by atoms with Crippen LogP contribution < -0.4 is 4.57 Å². The number of imidazole rings is 1. The standard InChI is InChI=1S/C6H11N2.C2H6O3S/c1-3-8-5-4-7(2)6-8;1-2-5-6(3)4/h4-6H,3H2,1-2H3;2H2,1H3,(H,3,4)/q+1;/p-1. The highest BCUT2D eigenvalue weighted by Crippen LogP contribution is 1.79. The topological polar surface area (TPSA) is 58.2 Å². The van der Waals surface area contributed by atoms with Gasteiger partial charge in [-0.2, -0.15) is 0 Å². The fourth-order valence-corrected chi connectivity index (χ4v) is 0.977. The Morgan fingerprint density at radius 1 is 1.57 bits per heavy atom. The van der Waals surface area contributed by atoms with Crippen LogP contribution in [0.4, 0.5) is 0 Å². The molecule has 0 aliphatic heterocycles. The van der Waals surface area contributed by atoms with Crippen LogP contribution >= 0.6 is 0 Å². The maximum Gasteiger partial charge on any atom is 0.243 e. The van der Waals surface area contributed by atoms with Crippen LogP contribution in [0.3, 0.4) is 0 Å². The van der Waals surface area contributed by atoms with Crippen LogP contribution in [0.2, 0.25) is 0 Å². The van der Waals surface area contributed by atoms with E-state index < -0.39 is 11.4 Å². The zero-order valence-corrected chi connectivity index (χ0v) is 9.49. The molecule has 0 fully saturated rings. The summed E-state index contributed by atoms with van der Waals surface area (Å²) in [5, 5.41) is 0. The lowest BCUT2D eigenvalue weighted by Gasteiger charge is -1.98. The van der Waals surface area contributed by atoms with Gasteiger partial charge < -0.3 is 8.74 Å². The van der Waals surface area contributed by atoms with E-state index in [4.69, 9.17) is 0 Å². The van der Waals surface area contributed by atoms with Crippen molar-refractivity contribution in [3.8, 4) is 0 Å². The van der Waals surface area contributed by atoms with Gasteiger partial charge in [-0.05, 0) is 13.8 Å². The van der Waals surface area contributed by atoms with Gasteiger partial charge in [-0.15, -0.1) is 0 Å². The molecule has 1 aromatic rings. The number of nitrogens with zero attached hydrogens (tertiary/aromatic N) is 2. The molecule has 0 aliphatic carbocycles.